The fraction of sp³-hybridized carbons (Fsp3) is 0.333. The van der Waals surface area contributed by atoms with E-state index < -0.39 is 0 Å². The van der Waals surface area contributed by atoms with Crippen molar-refractivity contribution in [3.8, 4) is 0 Å². The number of thiophene rings is 1. The predicted molar refractivity (Wildman–Crippen MR) is 93.5 cm³/mol. The molecule has 1 amide bonds. The molecule has 22 heavy (non-hydrogen) atoms. The first-order valence-corrected chi connectivity index (χ1v) is 8.91. The SMILES string of the molecule is CCCCCC1=NN2C(=N)/C(=C/c3cccs3)C(=O)N=C2S1. The summed E-state index contributed by atoms with van der Waals surface area (Å²) in [7, 11) is 0. The van der Waals surface area contributed by atoms with Gasteiger partial charge in [-0.2, -0.15) is 15.1 Å². The average Bonchev–Trinajstić information content (AvgIpc) is 3.13. The van der Waals surface area contributed by atoms with Crippen molar-refractivity contribution >= 4 is 51.1 Å². The first-order chi connectivity index (χ1) is 10.7. The number of hydrogen-bond acceptors (Lipinski definition) is 5. The predicted octanol–water partition coefficient (Wildman–Crippen LogP) is 3.95. The van der Waals surface area contributed by atoms with Gasteiger partial charge in [0.15, 0.2) is 5.84 Å². The molecule has 1 N–H and O–H groups in total. The summed E-state index contributed by atoms with van der Waals surface area (Å²) in [6.07, 6.45) is 5.98. The van der Waals surface area contributed by atoms with Gasteiger partial charge in [0.1, 0.15) is 5.04 Å². The third-order valence-corrected chi connectivity index (χ3v) is 5.11. The van der Waals surface area contributed by atoms with Gasteiger partial charge in [-0.1, -0.05) is 25.8 Å². The molecule has 1 aromatic heterocycles. The van der Waals surface area contributed by atoms with E-state index in [-0.39, 0.29) is 11.7 Å². The Morgan fingerprint density at radius 2 is 2.27 bits per heavy atom. The van der Waals surface area contributed by atoms with Crippen molar-refractivity contribution in [2.24, 2.45) is 10.1 Å². The van der Waals surface area contributed by atoms with E-state index in [2.05, 4.69) is 17.0 Å². The van der Waals surface area contributed by atoms with Crippen molar-refractivity contribution < 1.29 is 4.79 Å². The van der Waals surface area contributed by atoms with Gasteiger partial charge in [-0.05, 0) is 42.1 Å². The van der Waals surface area contributed by atoms with Crippen LogP contribution in [0.4, 0.5) is 0 Å². The minimum atomic E-state index is -0.359. The Balaban J connectivity index is 1.81. The van der Waals surface area contributed by atoms with E-state index in [1.807, 2.05) is 17.5 Å². The number of hydrazone groups is 1. The molecule has 0 saturated carbocycles. The zero-order valence-corrected chi connectivity index (χ0v) is 13.8. The van der Waals surface area contributed by atoms with Crippen LogP contribution < -0.4 is 0 Å². The fourth-order valence-electron chi connectivity index (χ4n) is 2.17. The van der Waals surface area contributed by atoms with Crippen molar-refractivity contribution in [2.75, 3.05) is 0 Å². The largest absolute Gasteiger partial charge is 0.283 e. The average molecular weight is 332 g/mol. The zero-order valence-electron chi connectivity index (χ0n) is 12.2. The Hall–Kier alpha value is -1.73. The Labute approximate surface area is 137 Å². The summed E-state index contributed by atoms with van der Waals surface area (Å²) in [4.78, 5) is 17.2. The number of thioether (sulfide) groups is 1. The van der Waals surface area contributed by atoms with Gasteiger partial charge in [-0.25, -0.2) is 0 Å². The molecule has 0 radical (unpaired) electrons. The minimum absolute atomic E-state index is 0.112. The number of unbranched alkanes of at least 4 members (excludes halogenated alkanes) is 2. The summed E-state index contributed by atoms with van der Waals surface area (Å²) >= 11 is 2.93. The van der Waals surface area contributed by atoms with E-state index in [1.165, 1.54) is 28.1 Å². The highest BCUT2D eigenvalue weighted by atomic mass is 32.2. The molecule has 0 saturated heterocycles. The minimum Gasteiger partial charge on any atom is -0.282 e. The molecule has 2 aliphatic rings. The van der Waals surface area contributed by atoms with Crippen molar-refractivity contribution in [1.82, 2.24) is 5.01 Å². The Kier molecular flexibility index (Phi) is 4.54. The highest BCUT2D eigenvalue weighted by Crippen LogP contribution is 2.30. The smallest absolute Gasteiger partial charge is 0.282 e. The number of carbonyl (C=O) groups is 1. The monoisotopic (exact) mass is 332 g/mol. The lowest BCUT2D eigenvalue weighted by atomic mass is 10.1. The number of fused-ring (bicyclic) bond motifs is 1. The summed E-state index contributed by atoms with van der Waals surface area (Å²) in [5.41, 5.74) is 0.297. The third kappa shape index (κ3) is 3.05. The standard InChI is InChI=1S/C15H16N4OS2/c1-2-3-4-7-12-18-19-13(16)11(9-10-6-5-8-21-10)14(20)17-15(19)22-12/h5-6,8-9,16H,2-4,7H2,1H3/b11-9-,16-13?. The van der Waals surface area contributed by atoms with Gasteiger partial charge in [-0.15, -0.1) is 11.3 Å². The summed E-state index contributed by atoms with van der Waals surface area (Å²) in [6, 6.07) is 3.83. The quantitative estimate of drug-likeness (QED) is 0.656. The van der Waals surface area contributed by atoms with Crippen LogP contribution in [0.2, 0.25) is 0 Å². The zero-order chi connectivity index (χ0) is 15.5. The molecule has 5 nitrogen and oxygen atoms in total. The van der Waals surface area contributed by atoms with Crippen LogP contribution in [0.5, 0.6) is 0 Å². The summed E-state index contributed by atoms with van der Waals surface area (Å²) in [5.74, 6) is -0.247. The van der Waals surface area contributed by atoms with Crippen molar-refractivity contribution in [3.05, 3.63) is 28.0 Å². The summed E-state index contributed by atoms with van der Waals surface area (Å²) < 4.78 is 0. The second kappa shape index (κ2) is 6.58. The van der Waals surface area contributed by atoms with Crippen molar-refractivity contribution in [2.45, 2.75) is 32.6 Å². The Bertz CT molecular complexity index is 688. The number of rotatable bonds is 5. The number of hydrogen-bond donors (Lipinski definition) is 1. The molecule has 0 aromatic carbocycles. The fourth-order valence-corrected chi connectivity index (χ4v) is 3.76. The first kappa shape index (κ1) is 15.2. The normalized spacial score (nSPS) is 19.5. The molecular formula is C15H16N4OS2. The van der Waals surface area contributed by atoms with Crippen LogP contribution in [0.15, 0.2) is 33.2 Å². The van der Waals surface area contributed by atoms with Crippen LogP contribution >= 0.6 is 23.1 Å². The second-order valence-corrected chi connectivity index (χ2v) is 7.01. The van der Waals surface area contributed by atoms with E-state index in [0.29, 0.717) is 10.7 Å². The molecule has 0 bridgehead atoms. The van der Waals surface area contributed by atoms with E-state index in [1.54, 1.807) is 6.08 Å². The Morgan fingerprint density at radius 3 is 3.00 bits per heavy atom. The van der Waals surface area contributed by atoms with Crippen molar-refractivity contribution in [1.29, 1.82) is 5.41 Å². The third-order valence-electron chi connectivity index (χ3n) is 3.32. The number of amides is 1. The lowest BCUT2D eigenvalue weighted by Crippen LogP contribution is -2.35. The number of nitrogens with zero attached hydrogens (tertiary/aromatic N) is 3. The molecule has 0 unspecified atom stereocenters. The topological polar surface area (TPSA) is 68.9 Å². The number of aliphatic imine (C=N–C) groups is 1. The van der Waals surface area contributed by atoms with Gasteiger partial charge in [-0.3, -0.25) is 10.2 Å². The molecule has 3 heterocycles. The van der Waals surface area contributed by atoms with Crippen LogP contribution in [0.3, 0.4) is 0 Å². The maximum absolute atomic E-state index is 12.2. The lowest BCUT2D eigenvalue weighted by molar-refractivity contribution is -0.114. The van der Waals surface area contributed by atoms with E-state index in [4.69, 9.17) is 5.41 Å². The number of carbonyl (C=O) groups excluding carboxylic acids is 1. The van der Waals surface area contributed by atoms with E-state index >= 15 is 0 Å². The molecule has 0 fully saturated rings. The molecule has 114 valence electrons. The number of amidine groups is 2. The van der Waals surface area contributed by atoms with E-state index in [9.17, 15) is 4.79 Å². The maximum Gasteiger partial charge on any atom is 0.283 e. The van der Waals surface area contributed by atoms with Crippen LogP contribution in [0.25, 0.3) is 6.08 Å². The number of nitrogens with one attached hydrogen (secondary N) is 1. The van der Waals surface area contributed by atoms with Crippen LogP contribution in [0, 0.1) is 5.41 Å². The van der Waals surface area contributed by atoms with Gasteiger partial charge in [0, 0.05) is 4.88 Å². The molecule has 3 rings (SSSR count). The molecule has 1 aromatic rings. The molecule has 0 atom stereocenters. The second-order valence-electron chi connectivity index (χ2n) is 4.99. The van der Waals surface area contributed by atoms with Gasteiger partial charge in [0.05, 0.1) is 5.57 Å². The lowest BCUT2D eigenvalue weighted by Gasteiger charge is -2.19. The van der Waals surface area contributed by atoms with Gasteiger partial charge in [0.2, 0.25) is 5.17 Å². The molecular weight excluding hydrogens is 316 g/mol. The van der Waals surface area contributed by atoms with Crippen LogP contribution in [0.1, 0.15) is 37.5 Å². The van der Waals surface area contributed by atoms with Gasteiger partial charge >= 0.3 is 0 Å². The highest BCUT2D eigenvalue weighted by Gasteiger charge is 2.35. The molecule has 2 aliphatic heterocycles. The maximum atomic E-state index is 12.2. The first-order valence-electron chi connectivity index (χ1n) is 7.21. The molecule has 7 heteroatoms. The van der Waals surface area contributed by atoms with Crippen LogP contribution in [-0.2, 0) is 4.79 Å². The van der Waals surface area contributed by atoms with Crippen molar-refractivity contribution in [3.63, 3.8) is 0 Å². The molecule has 0 spiro atoms. The Morgan fingerprint density at radius 1 is 1.41 bits per heavy atom. The highest BCUT2D eigenvalue weighted by molar-refractivity contribution is 8.26. The van der Waals surface area contributed by atoms with Gasteiger partial charge < -0.3 is 0 Å². The van der Waals surface area contributed by atoms with E-state index in [0.717, 1.165) is 35.6 Å². The summed E-state index contributed by atoms with van der Waals surface area (Å²) in [5, 5.41) is 17.5. The van der Waals surface area contributed by atoms with Crippen LogP contribution in [-0.4, -0.2) is 27.0 Å². The summed E-state index contributed by atoms with van der Waals surface area (Å²) in [6.45, 7) is 2.16. The van der Waals surface area contributed by atoms with Gasteiger partial charge in [0.25, 0.3) is 5.91 Å². The molecule has 0 aliphatic carbocycles.